The largest absolute Gasteiger partial charge is 0.336 e. The highest BCUT2D eigenvalue weighted by atomic mass is 16.2. The third-order valence-corrected chi connectivity index (χ3v) is 3.77. The fourth-order valence-corrected chi connectivity index (χ4v) is 2.45. The highest BCUT2D eigenvalue weighted by Gasteiger charge is 2.33. The maximum absolute atomic E-state index is 12.8. The molecule has 23 heavy (non-hydrogen) atoms. The standard InChI is InChI=1S/C16H25N5O2/c1-6-8-17-15(23)21-10-7-9-20(21)14(22)12-11-13(16(2,3)4)18-19(12)5/h6,11H,1,7-10H2,2-5H3,(H,17,23). The van der Waals surface area contributed by atoms with Gasteiger partial charge in [-0.15, -0.1) is 6.58 Å². The van der Waals surface area contributed by atoms with Crippen LogP contribution in [0.15, 0.2) is 18.7 Å². The van der Waals surface area contributed by atoms with Gasteiger partial charge in [-0.05, 0) is 12.5 Å². The minimum Gasteiger partial charge on any atom is -0.333 e. The Morgan fingerprint density at radius 3 is 2.57 bits per heavy atom. The van der Waals surface area contributed by atoms with Crippen LogP contribution in [0.5, 0.6) is 0 Å². The Morgan fingerprint density at radius 1 is 1.35 bits per heavy atom. The Hall–Kier alpha value is -2.31. The molecule has 1 saturated heterocycles. The second-order valence-corrected chi connectivity index (χ2v) is 6.67. The number of urea groups is 1. The molecule has 0 aliphatic carbocycles. The average molecular weight is 319 g/mol. The fourth-order valence-electron chi connectivity index (χ4n) is 2.45. The minimum atomic E-state index is -0.283. The van der Waals surface area contributed by atoms with Crippen LogP contribution in [0.4, 0.5) is 4.79 Å². The molecule has 0 unspecified atom stereocenters. The van der Waals surface area contributed by atoms with E-state index in [0.29, 0.717) is 25.3 Å². The van der Waals surface area contributed by atoms with E-state index < -0.39 is 0 Å². The molecule has 2 rings (SSSR count). The van der Waals surface area contributed by atoms with Gasteiger partial charge in [-0.25, -0.2) is 14.8 Å². The van der Waals surface area contributed by atoms with E-state index in [0.717, 1.165) is 12.1 Å². The molecule has 1 aliphatic rings. The summed E-state index contributed by atoms with van der Waals surface area (Å²) < 4.78 is 1.58. The van der Waals surface area contributed by atoms with Gasteiger partial charge >= 0.3 is 6.03 Å². The van der Waals surface area contributed by atoms with Crippen LogP contribution in [0.1, 0.15) is 43.4 Å². The van der Waals surface area contributed by atoms with Crippen LogP contribution < -0.4 is 5.32 Å². The van der Waals surface area contributed by atoms with E-state index in [-0.39, 0.29) is 17.4 Å². The van der Waals surface area contributed by atoms with Gasteiger partial charge in [-0.3, -0.25) is 9.48 Å². The number of carbonyl (C=O) groups excluding carboxylic acids is 2. The van der Waals surface area contributed by atoms with Gasteiger partial charge in [0.1, 0.15) is 5.69 Å². The maximum Gasteiger partial charge on any atom is 0.336 e. The number of carbonyl (C=O) groups is 2. The van der Waals surface area contributed by atoms with E-state index in [2.05, 4.69) is 37.8 Å². The molecule has 1 N–H and O–H groups in total. The smallest absolute Gasteiger partial charge is 0.333 e. The number of hydrogen-bond acceptors (Lipinski definition) is 3. The van der Waals surface area contributed by atoms with Gasteiger partial charge in [0.25, 0.3) is 5.91 Å². The zero-order valence-electron chi connectivity index (χ0n) is 14.3. The number of aromatic nitrogens is 2. The van der Waals surface area contributed by atoms with E-state index in [1.54, 1.807) is 23.9 Å². The first kappa shape index (κ1) is 17.1. The molecule has 7 nitrogen and oxygen atoms in total. The molecule has 0 radical (unpaired) electrons. The number of rotatable bonds is 3. The van der Waals surface area contributed by atoms with Crippen molar-refractivity contribution in [2.24, 2.45) is 7.05 Å². The van der Waals surface area contributed by atoms with Crippen LogP contribution in [0, 0.1) is 0 Å². The monoisotopic (exact) mass is 319 g/mol. The summed E-state index contributed by atoms with van der Waals surface area (Å²) in [7, 11) is 1.75. The van der Waals surface area contributed by atoms with Crippen LogP contribution in [0.25, 0.3) is 0 Å². The van der Waals surface area contributed by atoms with E-state index in [1.807, 2.05) is 0 Å². The van der Waals surface area contributed by atoms with Crippen LogP contribution in [-0.4, -0.2) is 51.4 Å². The minimum absolute atomic E-state index is 0.137. The van der Waals surface area contributed by atoms with Crippen LogP contribution in [-0.2, 0) is 12.5 Å². The summed E-state index contributed by atoms with van der Waals surface area (Å²) in [5, 5.41) is 10.1. The van der Waals surface area contributed by atoms with Gasteiger partial charge in [0.15, 0.2) is 0 Å². The van der Waals surface area contributed by atoms with E-state index in [4.69, 9.17) is 0 Å². The zero-order valence-corrected chi connectivity index (χ0v) is 14.3. The highest BCUT2D eigenvalue weighted by molar-refractivity contribution is 5.94. The SMILES string of the molecule is C=CCNC(=O)N1CCCN1C(=O)c1cc(C(C)(C)C)nn1C. The number of nitrogens with one attached hydrogen (secondary N) is 1. The first-order valence-corrected chi connectivity index (χ1v) is 7.78. The van der Waals surface area contributed by atoms with Crippen molar-refractivity contribution in [1.29, 1.82) is 0 Å². The number of aryl methyl sites for hydroxylation is 1. The van der Waals surface area contributed by atoms with Crippen molar-refractivity contribution < 1.29 is 9.59 Å². The molecule has 7 heteroatoms. The van der Waals surface area contributed by atoms with Crippen LogP contribution in [0.3, 0.4) is 0 Å². The van der Waals surface area contributed by atoms with Crippen molar-refractivity contribution in [3.63, 3.8) is 0 Å². The Morgan fingerprint density at radius 2 is 2.00 bits per heavy atom. The third kappa shape index (κ3) is 3.55. The summed E-state index contributed by atoms with van der Waals surface area (Å²) in [5.41, 5.74) is 1.20. The highest BCUT2D eigenvalue weighted by Crippen LogP contribution is 2.23. The number of amides is 3. The second-order valence-electron chi connectivity index (χ2n) is 6.67. The van der Waals surface area contributed by atoms with Gasteiger partial charge in [0.2, 0.25) is 0 Å². The van der Waals surface area contributed by atoms with Crippen molar-refractivity contribution in [2.75, 3.05) is 19.6 Å². The topological polar surface area (TPSA) is 70.5 Å². The molecule has 0 atom stereocenters. The zero-order chi connectivity index (χ0) is 17.2. The lowest BCUT2D eigenvalue weighted by Gasteiger charge is -2.27. The lowest BCUT2D eigenvalue weighted by Crippen LogP contribution is -2.49. The van der Waals surface area contributed by atoms with Gasteiger partial charge in [-0.2, -0.15) is 5.10 Å². The van der Waals surface area contributed by atoms with Crippen molar-refractivity contribution in [2.45, 2.75) is 32.6 Å². The molecule has 0 aromatic carbocycles. The van der Waals surface area contributed by atoms with E-state index in [1.165, 1.54) is 10.0 Å². The predicted molar refractivity (Wildman–Crippen MR) is 87.9 cm³/mol. The number of hydrogen-bond donors (Lipinski definition) is 1. The molecular formula is C16H25N5O2. The maximum atomic E-state index is 12.8. The van der Waals surface area contributed by atoms with Gasteiger partial charge in [0, 0.05) is 32.1 Å². The summed E-state index contributed by atoms with van der Waals surface area (Å²) in [6, 6.07) is 1.52. The molecule has 0 bridgehead atoms. The molecule has 1 aliphatic heterocycles. The Kier molecular flexibility index (Phi) is 4.77. The first-order valence-electron chi connectivity index (χ1n) is 7.78. The van der Waals surface area contributed by atoms with Gasteiger partial charge in [-0.1, -0.05) is 26.8 Å². The Labute approximate surface area is 136 Å². The van der Waals surface area contributed by atoms with Crippen LogP contribution >= 0.6 is 0 Å². The van der Waals surface area contributed by atoms with Crippen LogP contribution in [0.2, 0.25) is 0 Å². The average Bonchev–Trinajstić information content (AvgIpc) is 3.10. The molecule has 1 aromatic heterocycles. The summed E-state index contributed by atoms with van der Waals surface area (Å²) >= 11 is 0. The summed E-state index contributed by atoms with van der Waals surface area (Å²) in [6.07, 6.45) is 2.37. The summed E-state index contributed by atoms with van der Waals surface area (Å²) in [4.78, 5) is 25.0. The van der Waals surface area contributed by atoms with Crippen molar-refractivity contribution in [3.05, 3.63) is 30.1 Å². The first-order chi connectivity index (χ1) is 10.8. The van der Waals surface area contributed by atoms with E-state index >= 15 is 0 Å². The molecule has 126 valence electrons. The number of nitrogens with zero attached hydrogens (tertiary/aromatic N) is 4. The molecule has 1 aromatic rings. The molecule has 2 heterocycles. The lowest BCUT2D eigenvalue weighted by molar-refractivity contribution is 0.0368. The van der Waals surface area contributed by atoms with Crippen molar-refractivity contribution in [1.82, 2.24) is 25.1 Å². The second kappa shape index (κ2) is 6.44. The third-order valence-electron chi connectivity index (χ3n) is 3.77. The van der Waals surface area contributed by atoms with Crippen molar-refractivity contribution in [3.8, 4) is 0 Å². The molecular weight excluding hydrogens is 294 g/mol. The molecule has 1 fully saturated rings. The normalized spacial score (nSPS) is 15.0. The van der Waals surface area contributed by atoms with E-state index in [9.17, 15) is 9.59 Å². The summed E-state index contributed by atoms with van der Waals surface area (Å²) in [6.45, 7) is 11.1. The quantitative estimate of drug-likeness (QED) is 0.862. The van der Waals surface area contributed by atoms with Crippen molar-refractivity contribution >= 4 is 11.9 Å². The molecule has 0 saturated carbocycles. The predicted octanol–water partition coefficient (Wildman–Crippen LogP) is 1.68. The van der Waals surface area contributed by atoms with Gasteiger partial charge < -0.3 is 5.32 Å². The Bertz CT molecular complexity index is 614. The fraction of sp³-hybridized carbons (Fsp3) is 0.562. The molecule has 0 spiro atoms. The lowest BCUT2D eigenvalue weighted by atomic mass is 9.92. The summed E-state index contributed by atoms with van der Waals surface area (Å²) in [5.74, 6) is -0.207. The number of hydrazine groups is 1. The molecule has 3 amide bonds. The van der Waals surface area contributed by atoms with Gasteiger partial charge in [0.05, 0.1) is 5.69 Å². The Balaban J connectivity index is 2.20.